The second-order valence-electron chi connectivity index (χ2n) is 1.93. The van der Waals surface area contributed by atoms with Crippen molar-refractivity contribution in [2.45, 2.75) is 0 Å². The third-order valence-electron chi connectivity index (χ3n) is 1.07. The molecule has 1 rings (SSSR count). The standard InChI is InChI=1S/C7H5FO2.BH2O2/c8-6-3-1-2-5(4-6)7(9)10;2-1-3/h1-4H,(H,9,10);2-3H. The predicted octanol–water partition coefficient (Wildman–Crippen LogP) is 0.0291. The molecule has 0 unspecified atom stereocenters. The highest BCUT2D eigenvalue weighted by atomic mass is 19.1. The molecule has 69 valence electrons. The maximum absolute atomic E-state index is 12.3. The molecule has 0 aliphatic rings. The second kappa shape index (κ2) is 6.16. The van der Waals surface area contributed by atoms with Crippen LogP contribution < -0.4 is 0 Å². The smallest absolute Gasteiger partial charge is 0.478 e. The highest BCUT2D eigenvalue weighted by Crippen LogP contribution is 2.02. The van der Waals surface area contributed by atoms with Gasteiger partial charge in [0, 0.05) is 0 Å². The van der Waals surface area contributed by atoms with E-state index in [-0.39, 0.29) is 13.2 Å². The van der Waals surface area contributed by atoms with Crippen LogP contribution in [-0.2, 0) is 0 Å². The maximum Gasteiger partial charge on any atom is 0.482 e. The number of carboxylic acids is 1. The molecule has 0 fully saturated rings. The van der Waals surface area contributed by atoms with Crippen LogP contribution in [0.15, 0.2) is 24.3 Å². The quantitative estimate of drug-likeness (QED) is 0.539. The van der Waals surface area contributed by atoms with E-state index in [0.29, 0.717) is 0 Å². The lowest BCUT2D eigenvalue weighted by Crippen LogP contribution is -1.95. The van der Waals surface area contributed by atoms with E-state index in [0.717, 1.165) is 6.07 Å². The summed E-state index contributed by atoms with van der Waals surface area (Å²) in [6.07, 6.45) is 0. The molecule has 0 heterocycles. The summed E-state index contributed by atoms with van der Waals surface area (Å²) in [5.74, 6) is -1.64. The van der Waals surface area contributed by atoms with Crippen LogP contribution in [0.1, 0.15) is 10.4 Å². The van der Waals surface area contributed by atoms with E-state index in [9.17, 15) is 9.18 Å². The highest BCUT2D eigenvalue weighted by Gasteiger charge is 2.01. The van der Waals surface area contributed by atoms with Gasteiger partial charge in [0.05, 0.1) is 5.56 Å². The first-order chi connectivity index (χ1) is 6.11. The number of benzene rings is 1. The first kappa shape index (κ1) is 11.6. The average Bonchev–Trinajstić information content (AvgIpc) is 2.05. The van der Waals surface area contributed by atoms with E-state index < -0.39 is 11.8 Å². The van der Waals surface area contributed by atoms with Crippen molar-refractivity contribution in [1.82, 2.24) is 0 Å². The molecule has 4 nitrogen and oxygen atoms in total. The molecule has 0 aliphatic carbocycles. The zero-order valence-electron chi connectivity index (χ0n) is 6.51. The SMILES string of the molecule is O=C(O)c1cccc(F)c1.O[B]O. The summed E-state index contributed by atoms with van der Waals surface area (Å²) in [5.41, 5.74) is -0.0278. The number of rotatable bonds is 1. The summed E-state index contributed by atoms with van der Waals surface area (Å²) >= 11 is 0. The van der Waals surface area contributed by atoms with Gasteiger partial charge in [0.2, 0.25) is 0 Å². The Labute approximate surface area is 74.6 Å². The van der Waals surface area contributed by atoms with Crippen LogP contribution in [0.2, 0.25) is 0 Å². The predicted molar refractivity (Wildman–Crippen MR) is 43.6 cm³/mol. The third kappa shape index (κ3) is 4.94. The van der Waals surface area contributed by atoms with Crippen LogP contribution in [0.4, 0.5) is 4.39 Å². The first-order valence-corrected chi connectivity index (χ1v) is 3.20. The van der Waals surface area contributed by atoms with Crippen molar-refractivity contribution in [1.29, 1.82) is 0 Å². The van der Waals surface area contributed by atoms with Gasteiger partial charge in [-0.25, -0.2) is 9.18 Å². The van der Waals surface area contributed by atoms with Gasteiger partial charge in [0.15, 0.2) is 0 Å². The molecule has 0 bridgehead atoms. The van der Waals surface area contributed by atoms with E-state index >= 15 is 0 Å². The summed E-state index contributed by atoms with van der Waals surface area (Å²) in [6.45, 7) is 0. The summed E-state index contributed by atoms with van der Waals surface area (Å²) in [7, 11) is 0. The van der Waals surface area contributed by atoms with E-state index in [4.69, 9.17) is 15.2 Å². The van der Waals surface area contributed by atoms with Crippen LogP contribution in [0.5, 0.6) is 0 Å². The lowest BCUT2D eigenvalue weighted by molar-refractivity contribution is 0.0696. The minimum absolute atomic E-state index is 0. The zero-order chi connectivity index (χ0) is 10.3. The van der Waals surface area contributed by atoms with Gasteiger partial charge >= 0.3 is 13.7 Å². The Balaban J connectivity index is 0.000000424. The molecule has 0 aliphatic heterocycles. The Morgan fingerprint density at radius 1 is 1.38 bits per heavy atom. The minimum Gasteiger partial charge on any atom is -0.478 e. The first-order valence-electron chi connectivity index (χ1n) is 3.20. The Morgan fingerprint density at radius 2 is 1.92 bits per heavy atom. The molecule has 0 amide bonds. The average molecular weight is 185 g/mol. The topological polar surface area (TPSA) is 77.8 Å². The summed E-state index contributed by atoms with van der Waals surface area (Å²) < 4.78 is 12.3. The summed E-state index contributed by atoms with van der Waals surface area (Å²) in [6, 6.07) is 4.87. The Bertz CT molecular complexity index is 279. The number of halogens is 1. The molecule has 0 atom stereocenters. The van der Waals surface area contributed by atoms with E-state index in [1.165, 1.54) is 18.2 Å². The van der Waals surface area contributed by atoms with Crippen molar-refractivity contribution < 1.29 is 24.3 Å². The van der Waals surface area contributed by atoms with Crippen LogP contribution in [0.3, 0.4) is 0 Å². The van der Waals surface area contributed by atoms with Crippen LogP contribution >= 0.6 is 0 Å². The van der Waals surface area contributed by atoms with Gasteiger partial charge in [-0.2, -0.15) is 0 Å². The molecule has 0 aromatic heterocycles. The number of carbonyl (C=O) groups is 1. The van der Waals surface area contributed by atoms with Crippen molar-refractivity contribution in [2.75, 3.05) is 0 Å². The van der Waals surface area contributed by atoms with Crippen molar-refractivity contribution in [2.24, 2.45) is 0 Å². The molecule has 0 spiro atoms. The largest absolute Gasteiger partial charge is 0.482 e. The van der Waals surface area contributed by atoms with Gasteiger partial charge in [-0.05, 0) is 18.2 Å². The fourth-order valence-electron chi connectivity index (χ4n) is 0.622. The minimum atomic E-state index is -1.11. The molecule has 0 saturated carbocycles. The number of hydrogen-bond acceptors (Lipinski definition) is 3. The van der Waals surface area contributed by atoms with Crippen LogP contribution in [0.25, 0.3) is 0 Å². The Hall–Kier alpha value is -1.40. The molecule has 1 radical (unpaired) electrons. The molecular weight excluding hydrogens is 178 g/mol. The Morgan fingerprint density at radius 3 is 2.23 bits per heavy atom. The van der Waals surface area contributed by atoms with Crippen molar-refractivity contribution >= 4 is 13.7 Å². The lowest BCUT2D eigenvalue weighted by atomic mass is 10.2. The molecule has 6 heteroatoms. The van der Waals surface area contributed by atoms with Gasteiger partial charge in [0.1, 0.15) is 5.82 Å². The normalized spacial score (nSPS) is 8.23. The molecular formula is C7H7BFO4. The van der Waals surface area contributed by atoms with Gasteiger partial charge in [-0.15, -0.1) is 0 Å². The zero-order valence-corrected chi connectivity index (χ0v) is 6.51. The molecule has 3 N–H and O–H groups in total. The fourth-order valence-corrected chi connectivity index (χ4v) is 0.622. The molecule has 1 aromatic carbocycles. The van der Waals surface area contributed by atoms with Gasteiger partial charge in [-0.1, -0.05) is 6.07 Å². The number of hydrogen-bond donors (Lipinski definition) is 3. The van der Waals surface area contributed by atoms with Gasteiger partial charge in [0.25, 0.3) is 0 Å². The highest BCUT2D eigenvalue weighted by molar-refractivity contribution is 6.13. The van der Waals surface area contributed by atoms with Crippen LogP contribution in [-0.4, -0.2) is 28.8 Å². The second-order valence-corrected chi connectivity index (χ2v) is 1.93. The maximum atomic E-state index is 12.3. The lowest BCUT2D eigenvalue weighted by Gasteiger charge is -1.91. The van der Waals surface area contributed by atoms with Gasteiger partial charge < -0.3 is 15.2 Å². The van der Waals surface area contributed by atoms with E-state index in [1.807, 2.05) is 0 Å². The summed E-state index contributed by atoms with van der Waals surface area (Å²) in [4.78, 5) is 10.2. The van der Waals surface area contributed by atoms with Gasteiger partial charge in [-0.3, -0.25) is 0 Å². The number of aromatic carboxylic acids is 1. The fraction of sp³-hybridized carbons (Fsp3) is 0. The van der Waals surface area contributed by atoms with Crippen molar-refractivity contribution in [3.8, 4) is 0 Å². The van der Waals surface area contributed by atoms with E-state index in [1.54, 1.807) is 0 Å². The van der Waals surface area contributed by atoms with Crippen LogP contribution in [0, 0.1) is 5.82 Å². The van der Waals surface area contributed by atoms with E-state index in [2.05, 4.69) is 0 Å². The molecule has 13 heavy (non-hydrogen) atoms. The Kier molecular flexibility index (Phi) is 5.50. The molecule has 1 aromatic rings. The summed E-state index contributed by atoms with van der Waals surface area (Å²) in [5, 5.41) is 22.3. The third-order valence-corrected chi connectivity index (χ3v) is 1.07. The monoisotopic (exact) mass is 185 g/mol. The van der Waals surface area contributed by atoms with Crippen molar-refractivity contribution in [3.05, 3.63) is 35.6 Å². The van der Waals surface area contributed by atoms with Crippen molar-refractivity contribution in [3.63, 3.8) is 0 Å². The molecule has 0 saturated heterocycles. The number of carboxylic acid groups (broad SMARTS) is 1.